The lowest BCUT2D eigenvalue weighted by molar-refractivity contribution is -0.119. The molecule has 3 aromatic rings. The number of hydrogen-bond acceptors (Lipinski definition) is 5. The van der Waals surface area contributed by atoms with Gasteiger partial charge >= 0.3 is 6.09 Å². The topological polar surface area (TPSA) is 106 Å². The van der Waals surface area contributed by atoms with Gasteiger partial charge in [0.05, 0.1) is 17.5 Å². The van der Waals surface area contributed by atoms with Crippen LogP contribution < -0.4 is 10.0 Å². The van der Waals surface area contributed by atoms with Crippen LogP contribution in [0.25, 0.3) is 10.9 Å². The number of hydrogen-bond donors (Lipinski definition) is 2. The Kier molecular flexibility index (Phi) is 6.83. The number of fused-ring (bicyclic) bond motifs is 1. The molecule has 0 radical (unpaired) electrons. The Labute approximate surface area is 185 Å². The number of anilines is 1. The molecule has 1 unspecified atom stereocenters. The minimum atomic E-state index is -4.09. The van der Waals surface area contributed by atoms with E-state index in [9.17, 15) is 22.4 Å². The predicted molar refractivity (Wildman–Crippen MR) is 118 cm³/mol. The molecule has 1 heterocycles. The van der Waals surface area contributed by atoms with Gasteiger partial charge in [-0.3, -0.25) is 4.79 Å². The quantitative estimate of drug-likeness (QED) is 0.552. The van der Waals surface area contributed by atoms with Crippen molar-refractivity contribution in [2.24, 2.45) is 5.92 Å². The fraction of sp³-hybridized carbons (Fsp3) is 0.273. The third kappa shape index (κ3) is 5.08. The number of carbonyl (C=O) groups excluding carboxylic acids is 2. The first-order chi connectivity index (χ1) is 15.1. The second kappa shape index (κ2) is 9.39. The van der Waals surface area contributed by atoms with Crippen LogP contribution in [0.5, 0.6) is 0 Å². The molecule has 10 heteroatoms. The molecule has 2 aromatic carbocycles. The van der Waals surface area contributed by atoms with E-state index >= 15 is 0 Å². The first-order valence-electron chi connectivity index (χ1n) is 9.89. The van der Waals surface area contributed by atoms with Gasteiger partial charge < -0.3 is 14.6 Å². The molecule has 0 aliphatic rings. The van der Waals surface area contributed by atoms with Crippen LogP contribution in [-0.2, 0) is 19.6 Å². The summed E-state index contributed by atoms with van der Waals surface area (Å²) in [5.74, 6) is -0.486. The predicted octanol–water partition coefficient (Wildman–Crippen LogP) is 4.05. The van der Waals surface area contributed by atoms with Crippen LogP contribution in [0.1, 0.15) is 26.3 Å². The van der Waals surface area contributed by atoms with Crippen molar-refractivity contribution < 1.29 is 27.1 Å². The summed E-state index contributed by atoms with van der Waals surface area (Å²) in [5, 5.41) is 3.22. The van der Waals surface area contributed by atoms with E-state index in [4.69, 9.17) is 0 Å². The zero-order valence-corrected chi connectivity index (χ0v) is 18.6. The van der Waals surface area contributed by atoms with Crippen molar-refractivity contribution in [1.29, 1.82) is 0 Å². The lowest BCUT2D eigenvalue weighted by atomic mass is 10.0. The largest absolute Gasteiger partial charge is 0.452 e. The Morgan fingerprint density at radius 3 is 2.41 bits per heavy atom. The van der Waals surface area contributed by atoms with E-state index in [0.29, 0.717) is 23.0 Å². The van der Waals surface area contributed by atoms with E-state index in [0.717, 1.165) is 7.11 Å². The van der Waals surface area contributed by atoms with Crippen molar-refractivity contribution >= 4 is 38.6 Å². The molecule has 32 heavy (non-hydrogen) atoms. The van der Waals surface area contributed by atoms with Crippen molar-refractivity contribution in [2.75, 3.05) is 12.4 Å². The molecule has 170 valence electrons. The highest BCUT2D eigenvalue weighted by Gasteiger charge is 2.24. The van der Waals surface area contributed by atoms with Gasteiger partial charge in [-0.1, -0.05) is 19.9 Å². The Balaban J connectivity index is 1.84. The van der Waals surface area contributed by atoms with Crippen LogP contribution >= 0.6 is 0 Å². The number of amides is 2. The average Bonchev–Trinajstić information content (AvgIpc) is 3.17. The second-order valence-electron chi connectivity index (χ2n) is 7.65. The number of halogens is 1. The van der Waals surface area contributed by atoms with Gasteiger partial charge in [-0.2, -0.15) is 0 Å². The molecular weight excluding hydrogens is 437 g/mol. The van der Waals surface area contributed by atoms with Crippen molar-refractivity contribution in [1.82, 2.24) is 9.29 Å². The van der Waals surface area contributed by atoms with Crippen LogP contribution in [0.15, 0.2) is 59.6 Å². The lowest BCUT2D eigenvalue weighted by Gasteiger charge is -2.22. The summed E-state index contributed by atoms with van der Waals surface area (Å²) in [4.78, 5) is 24.2. The van der Waals surface area contributed by atoms with Gasteiger partial charge in [-0.05, 0) is 54.8 Å². The van der Waals surface area contributed by atoms with Gasteiger partial charge in [0, 0.05) is 17.3 Å². The Morgan fingerprint density at radius 2 is 1.78 bits per heavy atom. The Hall–Kier alpha value is -3.40. The van der Waals surface area contributed by atoms with Gasteiger partial charge in [0.15, 0.2) is 0 Å². The maximum absolute atomic E-state index is 14.1. The summed E-state index contributed by atoms with van der Waals surface area (Å²) in [5.41, 5.74) is 0.990. The molecule has 0 spiro atoms. The molecule has 1 atom stereocenters. The minimum Gasteiger partial charge on any atom is -0.452 e. The zero-order chi connectivity index (χ0) is 23.5. The summed E-state index contributed by atoms with van der Waals surface area (Å²) in [6, 6.07) is 11.1. The normalized spacial score (nSPS) is 12.5. The molecule has 0 fully saturated rings. The van der Waals surface area contributed by atoms with Crippen LogP contribution in [-0.4, -0.2) is 32.1 Å². The second-order valence-corrected chi connectivity index (χ2v) is 9.33. The lowest BCUT2D eigenvalue weighted by Crippen LogP contribution is -2.30. The molecule has 2 N–H and O–H groups in total. The molecule has 0 saturated heterocycles. The van der Waals surface area contributed by atoms with E-state index in [2.05, 4.69) is 10.1 Å². The fourth-order valence-corrected chi connectivity index (χ4v) is 4.28. The number of aromatic nitrogens is 1. The van der Waals surface area contributed by atoms with E-state index in [1.807, 2.05) is 13.8 Å². The van der Waals surface area contributed by atoms with Crippen LogP contribution in [0.2, 0.25) is 0 Å². The molecule has 3 rings (SSSR count). The maximum Gasteiger partial charge on any atom is 0.420 e. The highest BCUT2D eigenvalue weighted by Crippen LogP contribution is 2.27. The van der Waals surface area contributed by atoms with E-state index in [1.54, 1.807) is 33.7 Å². The summed E-state index contributed by atoms with van der Waals surface area (Å²) in [7, 11) is -3.03. The van der Waals surface area contributed by atoms with Crippen LogP contribution in [0.4, 0.5) is 14.9 Å². The minimum absolute atomic E-state index is 0.161. The van der Waals surface area contributed by atoms with Crippen molar-refractivity contribution in [2.45, 2.75) is 31.2 Å². The smallest absolute Gasteiger partial charge is 0.420 e. The van der Waals surface area contributed by atoms with Crippen molar-refractivity contribution in [3.05, 3.63) is 60.5 Å². The molecule has 0 saturated carbocycles. The van der Waals surface area contributed by atoms with Gasteiger partial charge in [0.1, 0.15) is 11.9 Å². The summed E-state index contributed by atoms with van der Waals surface area (Å²) >= 11 is 0. The van der Waals surface area contributed by atoms with Gasteiger partial charge in [-0.15, -0.1) is 0 Å². The molecule has 8 nitrogen and oxygen atoms in total. The summed E-state index contributed by atoms with van der Waals surface area (Å²) < 4.78 is 46.2. The first-order valence-corrected chi connectivity index (χ1v) is 11.4. The highest BCUT2D eigenvalue weighted by atomic mass is 32.2. The monoisotopic (exact) mass is 461 g/mol. The average molecular weight is 462 g/mol. The van der Waals surface area contributed by atoms with Gasteiger partial charge in [-0.25, -0.2) is 22.3 Å². The zero-order valence-electron chi connectivity index (χ0n) is 17.8. The summed E-state index contributed by atoms with van der Waals surface area (Å²) in [6.45, 7) is 3.97. The molecule has 0 bridgehead atoms. The number of methoxy groups -OCH3 is 1. The van der Waals surface area contributed by atoms with E-state index in [1.165, 1.54) is 30.3 Å². The number of ether oxygens (including phenoxy) is 1. The van der Waals surface area contributed by atoms with E-state index < -0.39 is 22.2 Å². The molecular formula is C22H24FN3O5S. The van der Waals surface area contributed by atoms with Crippen LogP contribution in [0.3, 0.4) is 0 Å². The summed E-state index contributed by atoms with van der Waals surface area (Å²) in [6.07, 6.45) is 1.10. The van der Waals surface area contributed by atoms with Crippen LogP contribution in [0, 0.1) is 11.7 Å². The molecule has 0 aliphatic carbocycles. The first kappa shape index (κ1) is 23.3. The molecule has 2 amide bonds. The number of carbonyl (C=O) groups is 2. The third-order valence-electron chi connectivity index (χ3n) is 4.88. The molecule has 1 aromatic heterocycles. The number of nitrogens with zero attached hydrogens (tertiary/aromatic N) is 1. The van der Waals surface area contributed by atoms with E-state index in [-0.39, 0.29) is 22.5 Å². The number of rotatable bonds is 7. The Morgan fingerprint density at radius 1 is 1.09 bits per heavy atom. The number of nitrogens with one attached hydrogen (secondary N) is 2. The standard InChI is InChI=1S/C22H24FN3O5S/c1-14(2)13-20(26-12-11-17-18(23)5-4-6-19(17)26)21(27)24-15-7-9-16(10-8-15)32(29,30)25-22(28)31-3/h4-12,14,20H,13H2,1-3H3,(H,24,27)(H,25,28). The number of sulfonamides is 1. The fourth-order valence-electron chi connectivity index (χ4n) is 3.37. The SMILES string of the molecule is COC(=O)NS(=O)(=O)c1ccc(NC(=O)C(CC(C)C)n2ccc3c(F)cccc32)cc1. The van der Waals surface area contributed by atoms with Crippen molar-refractivity contribution in [3.8, 4) is 0 Å². The van der Waals surface area contributed by atoms with Gasteiger partial charge in [0.25, 0.3) is 10.0 Å². The van der Waals surface area contributed by atoms with Gasteiger partial charge in [0.2, 0.25) is 5.91 Å². The third-order valence-corrected chi connectivity index (χ3v) is 6.21. The highest BCUT2D eigenvalue weighted by molar-refractivity contribution is 7.90. The maximum atomic E-state index is 14.1. The number of benzene rings is 2. The van der Waals surface area contributed by atoms with Crippen molar-refractivity contribution in [3.63, 3.8) is 0 Å². The molecule has 0 aliphatic heterocycles. The Bertz CT molecular complexity index is 1240.